The van der Waals surface area contributed by atoms with Crippen molar-refractivity contribution in [1.82, 2.24) is 5.32 Å². The lowest BCUT2D eigenvalue weighted by atomic mass is 10.0. The lowest BCUT2D eigenvalue weighted by Gasteiger charge is -2.15. The van der Waals surface area contributed by atoms with Crippen LogP contribution >= 0.6 is 0 Å². The second-order valence-corrected chi connectivity index (χ2v) is 5.98. The molecular formula is C16H22N2O3. The van der Waals surface area contributed by atoms with Crippen molar-refractivity contribution < 1.29 is 14.7 Å². The Labute approximate surface area is 124 Å². The van der Waals surface area contributed by atoms with Gasteiger partial charge in [0, 0.05) is 11.7 Å². The lowest BCUT2D eigenvalue weighted by Crippen LogP contribution is -2.36. The number of anilines is 1. The number of nitrogens with one attached hydrogen (secondary N) is 2. The number of carbonyl (C=O) groups excluding carboxylic acids is 1. The maximum Gasteiger partial charge on any atom is 0.336 e. The largest absolute Gasteiger partial charge is 0.478 e. The minimum atomic E-state index is -0.982. The number of carboxylic acid groups (broad SMARTS) is 1. The van der Waals surface area contributed by atoms with E-state index in [-0.39, 0.29) is 17.6 Å². The molecule has 2 rings (SSSR count). The van der Waals surface area contributed by atoms with Crippen LogP contribution in [0.5, 0.6) is 0 Å². The minimum absolute atomic E-state index is 0.213. The number of urea groups is 1. The number of aryl methyl sites for hydroxylation is 1. The third kappa shape index (κ3) is 3.74. The van der Waals surface area contributed by atoms with Crippen molar-refractivity contribution in [2.24, 2.45) is 5.92 Å². The minimum Gasteiger partial charge on any atom is -0.478 e. The van der Waals surface area contributed by atoms with Gasteiger partial charge >= 0.3 is 12.0 Å². The van der Waals surface area contributed by atoms with E-state index in [4.69, 9.17) is 0 Å². The molecule has 0 bridgehead atoms. The molecule has 0 radical (unpaired) electrons. The summed E-state index contributed by atoms with van der Waals surface area (Å²) in [6.45, 7) is 5.79. The molecule has 1 fully saturated rings. The Morgan fingerprint density at radius 1 is 1.24 bits per heavy atom. The maximum atomic E-state index is 12.0. The van der Waals surface area contributed by atoms with Crippen LogP contribution in [0.25, 0.3) is 0 Å². The Kier molecular flexibility index (Phi) is 4.50. The summed E-state index contributed by atoms with van der Waals surface area (Å²) in [6.07, 6.45) is 3.14. The highest BCUT2D eigenvalue weighted by atomic mass is 16.4. The number of amides is 2. The summed E-state index contributed by atoms with van der Waals surface area (Å²) in [7, 11) is 0. The second kappa shape index (κ2) is 6.16. The van der Waals surface area contributed by atoms with Crippen LogP contribution in [0.1, 0.15) is 47.7 Å². The van der Waals surface area contributed by atoms with Gasteiger partial charge in [-0.3, -0.25) is 0 Å². The molecule has 2 unspecified atom stereocenters. The first-order valence-electron chi connectivity index (χ1n) is 7.29. The monoisotopic (exact) mass is 290 g/mol. The van der Waals surface area contributed by atoms with Gasteiger partial charge in [-0.25, -0.2) is 9.59 Å². The average Bonchev–Trinajstić information content (AvgIpc) is 2.78. The maximum absolute atomic E-state index is 12.0. The number of rotatable bonds is 3. The molecule has 5 nitrogen and oxygen atoms in total. The van der Waals surface area contributed by atoms with Crippen molar-refractivity contribution in [3.05, 3.63) is 28.8 Å². The zero-order valence-electron chi connectivity index (χ0n) is 12.7. The molecule has 0 heterocycles. The zero-order chi connectivity index (χ0) is 15.6. The highest BCUT2D eigenvalue weighted by Gasteiger charge is 2.22. The summed E-state index contributed by atoms with van der Waals surface area (Å²) in [4.78, 5) is 23.2. The summed E-state index contributed by atoms with van der Waals surface area (Å²) < 4.78 is 0. The van der Waals surface area contributed by atoms with Crippen LogP contribution in [0.4, 0.5) is 10.5 Å². The number of hydrogen-bond acceptors (Lipinski definition) is 2. The van der Waals surface area contributed by atoms with Gasteiger partial charge in [-0.1, -0.05) is 6.92 Å². The third-order valence-electron chi connectivity index (χ3n) is 4.19. The Morgan fingerprint density at radius 2 is 1.95 bits per heavy atom. The van der Waals surface area contributed by atoms with E-state index in [0.29, 0.717) is 11.6 Å². The quantitative estimate of drug-likeness (QED) is 0.799. The number of carbonyl (C=O) groups is 2. The molecule has 1 aliphatic rings. The van der Waals surface area contributed by atoms with E-state index in [1.54, 1.807) is 13.0 Å². The van der Waals surface area contributed by atoms with Crippen LogP contribution in [-0.4, -0.2) is 23.1 Å². The van der Waals surface area contributed by atoms with Crippen LogP contribution in [-0.2, 0) is 0 Å². The Bertz CT molecular complexity index is 569. The van der Waals surface area contributed by atoms with Crippen LogP contribution in [0.2, 0.25) is 0 Å². The molecule has 0 spiro atoms. The number of hydrogen-bond donors (Lipinski definition) is 3. The fourth-order valence-corrected chi connectivity index (χ4v) is 2.84. The molecule has 0 saturated heterocycles. The highest BCUT2D eigenvalue weighted by molar-refractivity contribution is 5.94. The summed E-state index contributed by atoms with van der Waals surface area (Å²) in [5.74, 6) is -0.334. The summed E-state index contributed by atoms with van der Waals surface area (Å²) in [5.41, 5.74) is 2.30. The molecule has 5 heteroatoms. The fraction of sp³-hybridized carbons (Fsp3) is 0.500. The van der Waals surface area contributed by atoms with E-state index in [2.05, 4.69) is 17.6 Å². The van der Waals surface area contributed by atoms with Crippen molar-refractivity contribution in [2.45, 2.75) is 46.1 Å². The average molecular weight is 290 g/mol. The number of benzene rings is 1. The van der Waals surface area contributed by atoms with Gasteiger partial charge in [-0.2, -0.15) is 0 Å². The van der Waals surface area contributed by atoms with Crippen molar-refractivity contribution in [1.29, 1.82) is 0 Å². The molecule has 1 aliphatic carbocycles. The number of aromatic carboxylic acids is 1. The molecule has 3 N–H and O–H groups in total. The molecule has 1 aromatic rings. The SMILES string of the molecule is Cc1cc(NC(=O)NC2CCC(C)C2)cc(C(=O)O)c1C. The molecule has 1 saturated carbocycles. The molecule has 0 aromatic heterocycles. The van der Waals surface area contributed by atoms with Gasteiger partial charge < -0.3 is 15.7 Å². The summed E-state index contributed by atoms with van der Waals surface area (Å²) in [5, 5.41) is 14.9. The van der Waals surface area contributed by atoms with Gasteiger partial charge in [0.1, 0.15) is 0 Å². The van der Waals surface area contributed by atoms with Crippen molar-refractivity contribution in [3.63, 3.8) is 0 Å². The Balaban J connectivity index is 2.05. The van der Waals surface area contributed by atoms with E-state index in [0.717, 1.165) is 30.4 Å². The lowest BCUT2D eigenvalue weighted by molar-refractivity contribution is 0.0696. The van der Waals surface area contributed by atoms with Gasteiger partial charge in [0.2, 0.25) is 0 Å². The second-order valence-electron chi connectivity index (χ2n) is 5.98. The predicted molar refractivity (Wildman–Crippen MR) is 81.8 cm³/mol. The molecular weight excluding hydrogens is 268 g/mol. The third-order valence-corrected chi connectivity index (χ3v) is 4.19. The Hall–Kier alpha value is -2.04. The van der Waals surface area contributed by atoms with E-state index >= 15 is 0 Å². The highest BCUT2D eigenvalue weighted by Crippen LogP contribution is 2.25. The van der Waals surface area contributed by atoms with Crippen LogP contribution < -0.4 is 10.6 Å². The van der Waals surface area contributed by atoms with Crippen LogP contribution in [0.15, 0.2) is 12.1 Å². The Morgan fingerprint density at radius 3 is 2.52 bits per heavy atom. The first-order valence-corrected chi connectivity index (χ1v) is 7.29. The molecule has 21 heavy (non-hydrogen) atoms. The van der Waals surface area contributed by atoms with Gasteiger partial charge in [-0.15, -0.1) is 0 Å². The van der Waals surface area contributed by atoms with Crippen molar-refractivity contribution >= 4 is 17.7 Å². The van der Waals surface area contributed by atoms with Gasteiger partial charge in [0.05, 0.1) is 5.56 Å². The topological polar surface area (TPSA) is 78.4 Å². The molecule has 2 amide bonds. The summed E-state index contributed by atoms with van der Waals surface area (Å²) >= 11 is 0. The van der Waals surface area contributed by atoms with E-state index in [1.807, 2.05) is 6.92 Å². The molecule has 1 aromatic carbocycles. The zero-order valence-corrected chi connectivity index (χ0v) is 12.7. The molecule has 114 valence electrons. The van der Waals surface area contributed by atoms with Crippen LogP contribution in [0.3, 0.4) is 0 Å². The van der Waals surface area contributed by atoms with Crippen molar-refractivity contribution in [3.8, 4) is 0 Å². The van der Waals surface area contributed by atoms with E-state index in [1.165, 1.54) is 6.07 Å². The predicted octanol–water partition coefficient (Wildman–Crippen LogP) is 3.31. The fourth-order valence-electron chi connectivity index (χ4n) is 2.84. The molecule has 0 aliphatic heterocycles. The van der Waals surface area contributed by atoms with Crippen LogP contribution in [0, 0.1) is 19.8 Å². The first kappa shape index (κ1) is 15.4. The first-order chi connectivity index (χ1) is 9.86. The molecule has 2 atom stereocenters. The normalized spacial score (nSPS) is 21.1. The van der Waals surface area contributed by atoms with Crippen molar-refractivity contribution in [2.75, 3.05) is 5.32 Å². The smallest absolute Gasteiger partial charge is 0.336 e. The van der Waals surface area contributed by atoms with E-state index < -0.39 is 5.97 Å². The summed E-state index contributed by atoms with van der Waals surface area (Å²) in [6, 6.07) is 3.24. The van der Waals surface area contributed by atoms with Gasteiger partial charge in [0.15, 0.2) is 0 Å². The van der Waals surface area contributed by atoms with E-state index in [9.17, 15) is 14.7 Å². The number of carboxylic acids is 1. The standard InChI is InChI=1S/C16H22N2O3/c1-9-4-5-12(6-9)17-16(21)18-13-7-10(2)11(3)14(8-13)15(19)20/h7-9,12H,4-6H2,1-3H3,(H,19,20)(H2,17,18,21). The van der Waals surface area contributed by atoms with Gasteiger partial charge in [-0.05, 0) is 62.3 Å². The van der Waals surface area contributed by atoms with Gasteiger partial charge in [0.25, 0.3) is 0 Å².